The Kier molecular flexibility index (Phi) is 10.2. The molecule has 0 saturated heterocycles. The van der Waals surface area contributed by atoms with Crippen LogP contribution < -0.4 is 4.74 Å². The van der Waals surface area contributed by atoms with Crippen LogP contribution in [-0.2, 0) is 11.2 Å². The lowest BCUT2D eigenvalue weighted by atomic mass is 10.0. The molecule has 1 aromatic rings. The maximum atomic E-state index is 11.7. The number of benzene rings is 1. The summed E-state index contributed by atoms with van der Waals surface area (Å²) in [6.45, 7) is 8.65. The number of methoxy groups -OCH3 is 2. The van der Waals surface area contributed by atoms with Crippen molar-refractivity contribution in [2.75, 3.05) is 14.2 Å². The molecule has 0 heterocycles. The molecule has 1 rings (SSSR count). The second-order valence-electron chi connectivity index (χ2n) is 7.18. The van der Waals surface area contributed by atoms with Gasteiger partial charge in [-0.3, -0.25) is 0 Å². The first-order valence-electron chi connectivity index (χ1n) is 9.57. The van der Waals surface area contributed by atoms with Gasteiger partial charge in [-0.1, -0.05) is 34.9 Å². The lowest BCUT2D eigenvalue weighted by Gasteiger charge is -2.09. The van der Waals surface area contributed by atoms with E-state index < -0.39 is 0 Å². The highest BCUT2D eigenvalue weighted by Crippen LogP contribution is 2.22. The minimum atomic E-state index is -0.326. The molecule has 0 aliphatic carbocycles. The number of carbonyl (C=O) groups excluding carboxylic acids is 1. The Labute approximate surface area is 164 Å². The Morgan fingerprint density at radius 2 is 1.56 bits per heavy atom. The summed E-state index contributed by atoms with van der Waals surface area (Å²) in [5.41, 5.74) is 5.72. The Bertz CT molecular complexity index is 704. The molecule has 3 nitrogen and oxygen atoms in total. The van der Waals surface area contributed by atoms with E-state index in [2.05, 4.69) is 45.9 Å². The van der Waals surface area contributed by atoms with E-state index in [-0.39, 0.29) is 5.97 Å². The van der Waals surface area contributed by atoms with E-state index in [1.807, 2.05) is 12.1 Å². The van der Waals surface area contributed by atoms with Crippen LogP contribution in [0, 0.1) is 0 Å². The van der Waals surface area contributed by atoms with Gasteiger partial charge in [-0.05, 0) is 83.6 Å². The van der Waals surface area contributed by atoms with Gasteiger partial charge in [0.1, 0.15) is 5.75 Å². The van der Waals surface area contributed by atoms with Gasteiger partial charge in [0.05, 0.1) is 19.8 Å². The molecule has 0 aromatic heterocycles. The van der Waals surface area contributed by atoms with Crippen LogP contribution in [0.2, 0.25) is 0 Å². The summed E-state index contributed by atoms with van der Waals surface area (Å²) >= 11 is 0. The summed E-state index contributed by atoms with van der Waals surface area (Å²) in [6.07, 6.45) is 11.9. The van der Waals surface area contributed by atoms with Gasteiger partial charge in [0, 0.05) is 0 Å². The van der Waals surface area contributed by atoms with Gasteiger partial charge in [-0.15, -0.1) is 0 Å². The minimum absolute atomic E-state index is 0.326. The number of carbonyl (C=O) groups is 1. The fourth-order valence-corrected chi connectivity index (χ4v) is 2.81. The molecule has 0 aliphatic rings. The second kappa shape index (κ2) is 12.2. The molecular formula is C24H34O3. The summed E-state index contributed by atoms with van der Waals surface area (Å²) in [5.74, 6) is 0.468. The Morgan fingerprint density at radius 1 is 0.926 bits per heavy atom. The molecule has 0 radical (unpaired) electrons. The van der Waals surface area contributed by atoms with Crippen molar-refractivity contribution in [3.63, 3.8) is 0 Å². The van der Waals surface area contributed by atoms with Gasteiger partial charge in [0.25, 0.3) is 0 Å². The number of hydrogen-bond donors (Lipinski definition) is 0. The maximum absolute atomic E-state index is 11.7. The van der Waals surface area contributed by atoms with E-state index in [9.17, 15) is 4.79 Å². The average Bonchev–Trinajstić information content (AvgIpc) is 2.65. The second-order valence-corrected chi connectivity index (χ2v) is 7.18. The van der Waals surface area contributed by atoms with E-state index in [0.717, 1.165) is 43.4 Å². The molecule has 0 atom stereocenters. The summed E-state index contributed by atoms with van der Waals surface area (Å²) < 4.78 is 10.2. The predicted molar refractivity (Wildman–Crippen MR) is 113 cm³/mol. The van der Waals surface area contributed by atoms with Crippen LogP contribution in [0.4, 0.5) is 0 Å². The maximum Gasteiger partial charge on any atom is 0.337 e. The van der Waals surface area contributed by atoms with Crippen molar-refractivity contribution in [2.45, 2.75) is 59.8 Å². The zero-order valence-electron chi connectivity index (χ0n) is 17.7. The van der Waals surface area contributed by atoms with Crippen molar-refractivity contribution in [3.05, 3.63) is 64.3 Å². The Morgan fingerprint density at radius 3 is 2.15 bits per heavy atom. The lowest BCUT2D eigenvalue weighted by molar-refractivity contribution is 0.0600. The smallest absolute Gasteiger partial charge is 0.337 e. The van der Waals surface area contributed by atoms with E-state index in [0.29, 0.717) is 5.56 Å². The Hall–Kier alpha value is -2.29. The molecule has 148 valence electrons. The zero-order chi connectivity index (χ0) is 20.2. The first-order chi connectivity index (χ1) is 12.9. The van der Waals surface area contributed by atoms with E-state index in [1.165, 1.54) is 23.8 Å². The zero-order valence-corrected chi connectivity index (χ0v) is 17.7. The molecule has 0 fully saturated rings. The number of esters is 1. The van der Waals surface area contributed by atoms with Gasteiger partial charge in [0.2, 0.25) is 0 Å². The standard InChI is InChI=1S/C24H34O3/c1-18(2)9-7-10-19(3)11-8-12-20(4)13-14-21-17-22(24(25)27-6)15-16-23(21)26-5/h9,11,13,15-17H,7-8,10,12,14H2,1-6H3. The van der Waals surface area contributed by atoms with E-state index in [4.69, 9.17) is 9.47 Å². The average molecular weight is 371 g/mol. The molecule has 27 heavy (non-hydrogen) atoms. The number of hydrogen-bond acceptors (Lipinski definition) is 3. The highest BCUT2D eigenvalue weighted by atomic mass is 16.5. The van der Waals surface area contributed by atoms with Crippen LogP contribution in [0.3, 0.4) is 0 Å². The van der Waals surface area contributed by atoms with E-state index in [1.54, 1.807) is 13.2 Å². The van der Waals surface area contributed by atoms with E-state index >= 15 is 0 Å². The third-order valence-electron chi connectivity index (χ3n) is 4.49. The van der Waals surface area contributed by atoms with Crippen LogP contribution >= 0.6 is 0 Å². The fraction of sp³-hybridized carbons (Fsp3) is 0.458. The third kappa shape index (κ3) is 8.76. The molecule has 0 spiro atoms. The number of ether oxygens (including phenoxy) is 2. The highest BCUT2D eigenvalue weighted by molar-refractivity contribution is 5.89. The summed E-state index contributed by atoms with van der Waals surface area (Å²) in [4.78, 5) is 11.7. The van der Waals surface area contributed by atoms with Crippen LogP contribution in [0.25, 0.3) is 0 Å². The lowest BCUT2D eigenvalue weighted by Crippen LogP contribution is -2.03. The summed E-state index contributed by atoms with van der Waals surface area (Å²) in [6, 6.07) is 5.40. The van der Waals surface area contributed by atoms with Gasteiger partial charge < -0.3 is 9.47 Å². The third-order valence-corrected chi connectivity index (χ3v) is 4.49. The summed E-state index contributed by atoms with van der Waals surface area (Å²) in [7, 11) is 3.04. The van der Waals surface area contributed by atoms with Crippen molar-refractivity contribution in [2.24, 2.45) is 0 Å². The molecule has 0 aliphatic heterocycles. The van der Waals surface area contributed by atoms with Crippen LogP contribution in [0.5, 0.6) is 5.75 Å². The monoisotopic (exact) mass is 370 g/mol. The quantitative estimate of drug-likeness (QED) is 0.351. The minimum Gasteiger partial charge on any atom is -0.496 e. The first kappa shape index (κ1) is 22.8. The van der Waals surface area contributed by atoms with Gasteiger partial charge >= 0.3 is 5.97 Å². The van der Waals surface area contributed by atoms with Crippen LogP contribution in [-0.4, -0.2) is 20.2 Å². The molecule has 0 saturated carbocycles. The van der Waals surface area contributed by atoms with Gasteiger partial charge in [-0.2, -0.15) is 0 Å². The topological polar surface area (TPSA) is 35.5 Å². The van der Waals surface area contributed by atoms with Crippen molar-refractivity contribution in [3.8, 4) is 5.75 Å². The molecule has 0 amide bonds. The van der Waals surface area contributed by atoms with Crippen molar-refractivity contribution >= 4 is 5.97 Å². The number of rotatable bonds is 10. The predicted octanol–water partition coefficient (Wildman–Crippen LogP) is 6.44. The normalized spacial score (nSPS) is 11.9. The molecular weight excluding hydrogens is 336 g/mol. The Balaban J connectivity index is 2.63. The highest BCUT2D eigenvalue weighted by Gasteiger charge is 2.09. The largest absolute Gasteiger partial charge is 0.496 e. The summed E-state index contributed by atoms with van der Waals surface area (Å²) in [5, 5.41) is 0. The molecule has 0 unspecified atom stereocenters. The van der Waals surface area contributed by atoms with Crippen molar-refractivity contribution in [1.82, 2.24) is 0 Å². The van der Waals surface area contributed by atoms with Crippen molar-refractivity contribution in [1.29, 1.82) is 0 Å². The molecule has 3 heteroatoms. The van der Waals surface area contributed by atoms with Gasteiger partial charge in [-0.25, -0.2) is 4.79 Å². The SMILES string of the molecule is COC(=O)c1ccc(OC)c(CC=C(C)CCC=C(C)CCC=C(C)C)c1. The molecule has 0 bridgehead atoms. The molecule has 1 aromatic carbocycles. The number of allylic oxidation sites excluding steroid dienone is 6. The van der Waals surface area contributed by atoms with Crippen molar-refractivity contribution < 1.29 is 14.3 Å². The molecule has 0 N–H and O–H groups in total. The first-order valence-corrected chi connectivity index (χ1v) is 9.57. The van der Waals surface area contributed by atoms with Gasteiger partial charge in [0.15, 0.2) is 0 Å². The van der Waals surface area contributed by atoms with Crippen LogP contribution in [0.15, 0.2) is 53.1 Å². The fourth-order valence-electron chi connectivity index (χ4n) is 2.81. The van der Waals surface area contributed by atoms with Crippen LogP contribution in [0.1, 0.15) is 69.3 Å².